The molecule has 0 saturated heterocycles. The molecule has 11 heteroatoms. The van der Waals surface area contributed by atoms with Gasteiger partial charge in [0, 0.05) is 13.2 Å². The normalized spacial score (nSPS) is 11.4. The Bertz CT molecular complexity index is 816. The minimum atomic E-state index is -0.639. The Balaban J connectivity index is 2.20. The van der Waals surface area contributed by atoms with Crippen molar-refractivity contribution in [2.75, 3.05) is 31.6 Å². The molecule has 0 bridgehead atoms. The highest BCUT2D eigenvalue weighted by Crippen LogP contribution is 2.29. The van der Waals surface area contributed by atoms with Crippen LogP contribution in [0.25, 0.3) is 0 Å². The summed E-state index contributed by atoms with van der Waals surface area (Å²) in [7, 11) is 2.96. The maximum atomic E-state index is 12.3. The smallest absolute Gasteiger partial charge is 0.354 e. The number of amides is 1. The van der Waals surface area contributed by atoms with Gasteiger partial charge in [0.05, 0.1) is 24.2 Å². The van der Waals surface area contributed by atoms with Gasteiger partial charge in [-0.2, -0.15) is 0 Å². The number of anilines is 2. The Kier molecular flexibility index (Phi) is 6.83. The fourth-order valence-corrected chi connectivity index (χ4v) is 2.29. The molecule has 27 heavy (non-hydrogen) atoms. The molecule has 1 atom stereocenters. The maximum absolute atomic E-state index is 12.3. The summed E-state index contributed by atoms with van der Waals surface area (Å²) < 4.78 is 10.1. The Labute approximate surface area is 155 Å². The highest BCUT2D eigenvalue weighted by molar-refractivity contribution is 5.97. The lowest BCUT2D eigenvalue weighted by molar-refractivity contribution is -0.383. The molecule has 2 rings (SSSR count). The van der Waals surface area contributed by atoms with Crippen molar-refractivity contribution >= 4 is 23.2 Å². The Morgan fingerprint density at radius 3 is 2.63 bits per heavy atom. The molecule has 0 saturated carbocycles. The first kappa shape index (κ1) is 19.8. The predicted molar refractivity (Wildman–Crippen MR) is 97.7 cm³/mol. The average molecular weight is 376 g/mol. The second-order valence-electron chi connectivity index (χ2n) is 5.46. The third kappa shape index (κ3) is 5.01. The van der Waals surface area contributed by atoms with Crippen LogP contribution in [0.3, 0.4) is 0 Å². The van der Waals surface area contributed by atoms with Crippen molar-refractivity contribution in [2.24, 2.45) is 0 Å². The van der Waals surface area contributed by atoms with Crippen LogP contribution in [0, 0.1) is 10.1 Å². The fourth-order valence-electron chi connectivity index (χ4n) is 2.29. The van der Waals surface area contributed by atoms with Gasteiger partial charge < -0.3 is 14.8 Å². The summed E-state index contributed by atoms with van der Waals surface area (Å²) in [5.74, 6) is -0.327. The fraction of sp³-hybridized carbons (Fsp3) is 0.312. The molecule has 1 heterocycles. The summed E-state index contributed by atoms with van der Waals surface area (Å²) in [6.07, 6.45) is 1.15. The first-order valence-corrected chi connectivity index (χ1v) is 7.92. The van der Waals surface area contributed by atoms with Crippen molar-refractivity contribution in [3.63, 3.8) is 0 Å². The molecule has 11 nitrogen and oxygen atoms in total. The maximum Gasteiger partial charge on any atom is 0.354 e. The minimum Gasteiger partial charge on any atom is -0.496 e. The monoisotopic (exact) mass is 376 g/mol. The first-order chi connectivity index (χ1) is 13.0. The molecule has 0 aliphatic carbocycles. The number of carbonyl (C=O) groups excluding carboxylic acids is 1. The van der Waals surface area contributed by atoms with E-state index in [1.807, 2.05) is 0 Å². The molecule has 0 aliphatic rings. The molecule has 1 aromatic carbocycles. The predicted octanol–water partition coefficient (Wildman–Crippen LogP) is 1.60. The second kappa shape index (κ2) is 9.29. The zero-order valence-corrected chi connectivity index (χ0v) is 15.1. The number of para-hydroxylation sites is 1. The number of hydrogen-bond acceptors (Lipinski definition) is 9. The number of rotatable bonds is 9. The summed E-state index contributed by atoms with van der Waals surface area (Å²) in [5.41, 5.74) is 4.70. The van der Waals surface area contributed by atoms with Crippen LogP contribution in [0.5, 0.6) is 5.75 Å². The van der Waals surface area contributed by atoms with E-state index in [0.29, 0.717) is 12.4 Å². The SMILES string of the molecule is COCC(C)Nc1ncnc(NNC(=O)c2ccccc2OC)c1[N+](=O)[O-]. The quantitative estimate of drug-likeness (QED) is 0.439. The van der Waals surface area contributed by atoms with Gasteiger partial charge in [-0.1, -0.05) is 12.1 Å². The van der Waals surface area contributed by atoms with E-state index >= 15 is 0 Å². The highest BCUT2D eigenvalue weighted by atomic mass is 16.6. The molecule has 144 valence electrons. The summed E-state index contributed by atoms with van der Waals surface area (Å²) in [6.45, 7) is 2.11. The summed E-state index contributed by atoms with van der Waals surface area (Å²) >= 11 is 0. The minimum absolute atomic E-state index is 0.00795. The van der Waals surface area contributed by atoms with Crippen LogP contribution in [0.2, 0.25) is 0 Å². The topological polar surface area (TPSA) is 141 Å². The highest BCUT2D eigenvalue weighted by Gasteiger charge is 2.24. The zero-order chi connectivity index (χ0) is 19.8. The number of nitrogens with zero attached hydrogens (tertiary/aromatic N) is 3. The van der Waals surface area contributed by atoms with Crippen LogP contribution in [0.15, 0.2) is 30.6 Å². The molecule has 1 unspecified atom stereocenters. The van der Waals surface area contributed by atoms with Crippen LogP contribution in [-0.2, 0) is 4.74 Å². The average Bonchev–Trinajstić information content (AvgIpc) is 2.66. The van der Waals surface area contributed by atoms with Gasteiger partial charge in [0.15, 0.2) is 0 Å². The molecule has 0 spiro atoms. The van der Waals surface area contributed by atoms with E-state index in [-0.39, 0.29) is 23.2 Å². The van der Waals surface area contributed by atoms with Gasteiger partial charge in [-0.15, -0.1) is 0 Å². The number of benzene rings is 1. The van der Waals surface area contributed by atoms with Crippen molar-refractivity contribution in [1.82, 2.24) is 15.4 Å². The van der Waals surface area contributed by atoms with Gasteiger partial charge in [0.1, 0.15) is 12.1 Å². The number of carbonyl (C=O) groups is 1. The Morgan fingerprint density at radius 2 is 1.96 bits per heavy atom. The number of nitrogens with one attached hydrogen (secondary N) is 3. The number of methoxy groups -OCH3 is 2. The number of nitro groups is 1. The van der Waals surface area contributed by atoms with E-state index in [1.54, 1.807) is 31.2 Å². The van der Waals surface area contributed by atoms with Crippen molar-refractivity contribution in [2.45, 2.75) is 13.0 Å². The molecule has 0 radical (unpaired) electrons. The van der Waals surface area contributed by atoms with Crippen LogP contribution in [0.4, 0.5) is 17.3 Å². The molecule has 1 aromatic heterocycles. The van der Waals surface area contributed by atoms with E-state index in [9.17, 15) is 14.9 Å². The molecular weight excluding hydrogens is 356 g/mol. The molecule has 0 fully saturated rings. The third-order valence-corrected chi connectivity index (χ3v) is 3.45. The van der Waals surface area contributed by atoms with Crippen LogP contribution >= 0.6 is 0 Å². The van der Waals surface area contributed by atoms with Gasteiger partial charge in [-0.3, -0.25) is 25.8 Å². The van der Waals surface area contributed by atoms with Gasteiger partial charge in [-0.25, -0.2) is 9.97 Å². The van der Waals surface area contributed by atoms with Gasteiger partial charge >= 0.3 is 5.69 Å². The summed E-state index contributed by atoms with van der Waals surface area (Å²) in [5, 5.41) is 14.4. The number of hydrazine groups is 1. The van der Waals surface area contributed by atoms with E-state index in [2.05, 4.69) is 26.1 Å². The Hall–Kier alpha value is -3.47. The molecular formula is C16H20N6O5. The third-order valence-electron chi connectivity index (χ3n) is 3.45. The van der Waals surface area contributed by atoms with Gasteiger partial charge in [0.2, 0.25) is 11.6 Å². The second-order valence-corrected chi connectivity index (χ2v) is 5.46. The Morgan fingerprint density at radius 1 is 1.26 bits per heavy atom. The first-order valence-electron chi connectivity index (χ1n) is 7.92. The molecule has 3 N–H and O–H groups in total. The van der Waals surface area contributed by atoms with Crippen LogP contribution < -0.4 is 20.9 Å². The lowest BCUT2D eigenvalue weighted by Gasteiger charge is -2.15. The van der Waals surface area contributed by atoms with Crippen LogP contribution in [-0.4, -0.2) is 47.7 Å². The van der Waals surface area contributed by atoms with Gasteiger partial charge in [0.25, 0.3) is 5.91 Å². The van der Waals surface area contributed by atoms with E-state index in [1.165, 1.54) is 14.2 Å². The zero-order valence-electron chi connectivity index (χ0n) is 15.1. The van der Waals surface area contributed by atoms with E-state index in [4.69, 9.17) is 9.47 Å². The lowest BCUT2D eigenvalue weighted by atomic mass is 10.2. The number of ether oxygens (including phenoxy) is 2. The summed E-state index contributed by atoms with van der Waals surface area (Å²) in [6, 6.07) is 6.35. The summed E-state index contributed by atoms with van der Waals surface area (Å²) in [4.78, 5) is 30.9. The number of hydrogen-bond donors (Lipinski definition) is 3. The van der Waals surface area contributed by atoms with E-state index < -0.39 is 16.5 Å². The van der Waals surface area contributed by atoms with Crippen molar-refractivity contribution in [1.29, 1.82) is 0 Å². The van der Waals surface area contributed by atoms with Crippen molar-refractivity contribution in [3.8, 4) is 5.75 Å². The lowest BCUT2D eigenvalue weighted by Crippen LogP contribution is -2.31. The molecule has 0 aliphatic heterocycles. The largest absolute Gasteiger partial charge is 0.496 e. The standard InChI is InChI=1S/C16H20N6O5/c1-10(8-26-2)19-14-13(22(24)25)15(18-9-17-14)20-21-16(23)11-6-4-5-7-12(11)27-3/h4-7,9-10H,8H2,1-3H3,(H,21,23)(H2,17,18,19,20). The molecule has 2 aromatic rings. The van der Waals surface area contributed by atoms with E-state index in [0.717, 1.165) is 6.33 Å². The van der Waals surface area contributed by atoms with Crippen molar-refractivity contribution < 1.29 is 19.2 Å². The van der Waals surface area contributed by atoms with Gasteiger partial charge in [-0.05, 0) is 19.1 Å². The number of aromatic nitrogens is 2. The molecule has 1 amide bonds. The van der Waals surface area contributed by atoms with Crippen LogP contribution in [0.1, 0.15) is 17.3 Å². The van der Waals surface area contributed by atoms with Crippen molar-refractivity contribution in [3.05, 3.63) is 46.3 Å².